The number of nitrogens with zero attached hydrogens (tertiary/aromatic N) is 3. The molecule has 0 aromatic carbocycles. The number of anilines is 2. The number of hydrogen-bond acceptors (Lipinski definition) is 6. The molecule has 2 heterocycles. The highest BCUT2D eigenvalue weighted by atomic mass is 32.2. The highest BCUT2D eigenvalue weighted by Crippen LogP contribution is 2.29. The second kappa shape index (κ2) is 4.63. The number of rotatable bonds is 1. The van der Waals surface area contributed by atoms with Gasteiger partial charge in [-0.25, -0.2) is 13.4 Å². The largest absolute Gasteiger partial charge is 0.368 e. The Balaban J connectivity index is 1.94. The van der Waals surface area contributed by atoms with E-state index in [1.54, 1.807) is 0 Å². The summed E-state index contributed by atoms with van der Waals surface area (Å²) in [6, 6.07) is 0. The van der Waals surface area contributed by atoms with Crippen molar-refractivity contribution in [3.05, 3.63) is 11.3 Å². The third-order valence-corrected chi connectivity index (χ3v) is 5.43. The minimum atomic E-state index is -2.87. The van der Waals surface area contributed by atoms with Gasteiger partial charge in [0.2, 0.25) is 5.95 Å². The van der Waals surface area contributed by atoms with Gasteiger partial charge in [-0.15, -0.1) is 0 Å². The fraction of sp³-hybridized carbons (Fsp3) is 0.667. The van der Waals surface area contributed by atoms with E-state index in [1.165, 1.54) is 5.56 Å². The van der Waals surface area contributed by atoms with Crippen LogP contribution in [0.4, 0.5) is 11.8 Å². The van der Waals surface area contributed by atoms with Gasteiger partial charge in [0.25, 0.3) is 0 Å². The SMILES string of the molecule is Nc1nc2c(c(N3CCS(=O)(=O)CC3)n1)CCCC2. The summed E-state index contributed by atoms with van der Waals surface area (Å²) in [4.78, 5) is 10.7. The highest BCUT2D eigenvalue weighted by molar-refractivity contribution is 7.91. The van der Waals surface area contributed by atoms with E-state index in [9.17, 15) is 8.42 Å². The number of nitrogen functional groups attached to an aromatic ring is 1. The summed E-state index contributed by atoms with van der Waals surface area (Å²) in [5.74, 6) is 1.55. The molecule has 0 unspecified atom stereocenters. The maximum absolute atomic E-state index is 11.5. The molecule has 0 bridgehead atoms. The molecule has 2 aliphatic rings. The molecular formula is C12H18N4O2S. The van der Waals surface area contributed by atoms with Gasteiger partial charge in [0.05, 0.1) is 17.2 Å². The summed E-state index contributed by atoms with van der Waals surface area (Å²) >= 11 is 0. The lowest BCUT2D eigenvalue weighted by atomic mass is 9.96. The van der Waals surface area contributed by atoms with Crippen LogP contribution < -0.4 is 10.6 Å². The van der Waals surface area contributed by atoms with Gasteiger partial charge in [0.1, 0.15) is 5.82 Å². The number of hydrogen-bond donors (Lipinski definition) is 1. The molecule has 104 valence electrons. The zero-order valence-corrected chi connectivity index (χ0v) is 11.6. The number of nitrogens with two attached hydrogens (primary N) is 1. The van der Waals surface area contributed by atoms with Crippen LogP contribution in [0.15, 0.2) is 0 Å². The first-order valence-corrected chi connectivity index (χ1v) is 8.48. The molecule has 7 heteroatoms. The summed E-state index contributed by atoms with van der Waals surface area (Å²) in [7, 11) is -2.87. The second-order valence-corrected chi connectivity index (χ2v) is 7.48. The average molecular weight is 282 g/mol. The van der Waals surface area contributed by atoms with Gasteiger partial charge in [0.15, 0.2) is 9.84 Å². The van der Waals surface area contributed by atoms with Crippen molar-refractivity contribution in [2.45, 2.75) is 25.7 Å². The lowest BCUT2D eigenvalue weighted by Crippen LogP contribution is -2.41. The Bertz CT molecular complexity index is 586. The van der Waals surface area contributed by atoms with Crippen LogP contribution in [-0.2, 0) is 22.7 Å². The number of fused-ring (bicyclic) bond motifs is 1. The topological polar surface area (TPSA) is 89.2 Å². The molecule has 0 amide bonds. The minimum Gasteiger partial charge on any atom is -0.368 e. The summed E-state index contributed by atoms with van der Waals surface area (Å²) in [6.07, 6.45) is 4.19. The van der Waals surface area contributed by atoms with E-state index < -0.39 is 9.84 Å². The van der Waals surface area contributed by atoms with Gasteiger partial charge in [-0.2, -0.15) is 4.98 Å². The van der Waals surface area contributed by atoms with Crippen LogP contribution in [0.25, 0.3) is 0 Å². The minimum absolute atomic E-state index is 0.200. The van der Waals surface area contributed by atoms with E-state index in [2.05, 4.69) is 9.97 Å². The van der Waals surface area contributed by atoms with Crippen LogP contribution >= 0.6 is 0 Å². The molecule has 0 atom stereocenters. The molecule has 1 aliphatic carbocycles. The lowest BCUT2D eigenvalue weighted by molar-refractivity contribution is 0.585. The predicted molar refractivity (Wildman–Crippen MR) is 74.0 cm³/mol. The highest BCUT2D eigenvalue weighted by Gasteiger charge is 2.26. The lowest BCUT2D eigenvalue weighted by Gasteiger charge is -2.31. The van der Waals surface area contributed by atoms with Crippen molar-refractivity contribution in [2.24, 2.45) is 0 Å². The summed E-state index contributed by atoms with van der Waals surface area (Å²) in [6.45, 7) is 1.01. The Morgan fingerprint density at radius 2 is 1.74 bits per heavy atom. The van der Waals surface area contributed by atoms with Crippen molar-refractivity contribution in [1.29, 1.82) is 0 Å². The molecule has 1 aliphatic heterocycles. The predicted octanol–water partition coefficient (Wildman–Crippen LogP) is 0.172. The normalized spacial score (nSPS) is 22.0. The Kier molecular flexibility index (Phi) is 3.08. The van der Waals surface area contributed by atoms with Crippen molar-refractivity contribution < 1.29 is 8.42 Å². The first kappa shape index (κ1) is 12.7. The quantitative estimate of drug-likeness (QED) is 0.790. The Morgan fingerprint density at radius 1 is 1.05 bits per heavy atom. The van der Waals surface area contributed by atoms with Gasteiger partial charge in [0, 0.05) is 18.7 Å². The molecule has 1 fully saturated rings. The standard InChI is InChI=1S/C12H18N4O2S/c13-12-14-10-4-2-1-3-9(10)11(15-12)16-5-7-19(17,18)8-6-16/h1-8H2,(H2,13,14,15). The third kappa shape index (κ3) is 2.51. The van der Waals surface area contributed by atoms with Gasteiger partial charge in [-0.05, 0) is 25.7 Å². The molecule has 0 spiro atoms. The van der Waals surface area contributed by atoms with Crippen molar-refractivity contribution in [2.75, 3.05) is 35.2 Å². The Morgan fingerprint density at radius 3 is 2.47 bits per heavy atom. The van der Waals surface area contributed by atoms with E-state index in [1.807, 2.05) is 4.90 Å². The molecule has 1 saturated heterocycles. The summed E-state index contributed by atoms with van der Waals surface area (Å²) < 4.78 is 23.0. The first-order valence-electron chi connectivity index (χ1n) is 6.66. The number of sulfone groups is 1. The van der Waals surface area contributed by atoms with Crippen molar-refractivity contribution in [1.82, 2.24) is 9.97 Å². The first-order chi connectivity index (χ1) is 9.05. The van der Waals surface area contributed by atoms with E-state index in [0.29, 0.717) is 19.0 Å². The van der Waals surface area contributed by atoms with Crippen LogP contribution in [0.5, 0.6) is 0 Å². The monoisotopic (exact) mass is 282 g/mol. The molecule has 0 radical (unpaired) electrons. The van der Waals surface area contributed by atoms with E-state index in [4.69, 9.17) is 5.73 Å². The van der Waals surface area contributed by atoms with Crippen LogP contribution in [0, 0.1) is 0 Å². The zero-order valence-electron chi connectivity index (χ0n) is 10.8. The molecular weight excluding hydrogens is 264 g/mol. The second-order valence-electron chi connectivity index (χ2n) is 5.18. The molecule has 19 heavy (non-hydrogen) atoms. The maximum atomic E-state index is 11.5. The zero-order chi connectivity index (χ0) is 13.5. The van der Waals surface area contributed by atoms with Crippen LogP contribution in [-0.4, -0.2) is 43.0 Å². The van der Waals surface area contributed by atoms with Gasteiger partial charge in [-0.3, -0.25) is 0 Å². The number of aryl methyl sites for hydroxylation is 1. The van der Waals surface area contributed by atoms with E-state index in [-0.39, 0.29) is 11.5 Å². The van der Waals surface area contributed by atoms with Crippen molar-refractivity contribution in [3.8, 4) is 0 Å². The molecule has 2 N–H and O–H groups in total. The van der Waals surface area contributed by atoms with Gasteiger partial charge < -0.3 is 10.6 Å². The maximum Gasteiger partial charge on any atom is 0.222 e. The number of aromatic nitrogens is 2. The Hall–Kier alpha value is -1.37. The Labute approximate surface area is 113 Å². The van der Waals surface area contributed by atoms with E-state index in [0.717, 1.165) is 37.2 Å². The van der Waals surface area contributed by atoms with E-state index >= 15 is 0 Å². The smallest absolute Gasteiger partial charge is 0.222 e. The van der Waals surface area contributed by atoms with Crippen molar-refractivity contribution >= 4 is 21.6 Å². The molecule has 3 rings (SSSR count). The van der Waals surface area contributed by atoms with Crippen LogP contribution in [0.2, 0.25) is 0 Å². The van der Waals surface area contributed by atoms with Crippen LogP contribution in [0.3, 0.4) is 0 Å². The van der Waals surface area contributed by atoms with Gasteiger partial charge >= 0.3 is 0 Å². The van der Waals surface area contributed by atoms with Gasteiger partial charge in [-0.1, -0.05) is 0 Å². The molecule has 6 nitrogen and oxygen atoms in total. The molecule has 1 aromatic rings. The fourth-order valence-electron chi connectivity index (χ4n) is 2.78. The molecule has 1 aromatic heterocycles. The fourth-order valence-corrected chi connectivity index (χ4v) is 3.98. The average Bonchev–Trinajstić information content (AvgIpc) is 2.38. The van der Waals surface area contributed by atoms with Crippen molar-refractivity contribution in [3.63, 3.8) is 0 Å². The summed E-state index contributed by atoms with van der Waals surface area (Å²) in [5, 5.41) is 0. The molecule has 0 saturated carbocycles. The van der Waals surface area contributed by atoms with Crippen LogP contribution in [0.1, 0.15) is 24.1 Å². The summed E-state index contributed by atoms with van der Waals surface area (Å²) in [5.41, 5.74) is 7.99. The third-order valence-electron chi connectivity index (χ3n) is 3.82.